The van der Waals surface area contributed by atoms with Crippen molar-refractivity contribution in [2.45, 2.75) is 38.3 Å². The summed E-state index contributed by atoms with van der Waals surface area (Å²) >= 11 is 0. The summed E-state index contributed by atoms with van der Waals surface area (Å²) in [5.74, 6) is 0.0908. The Morgan fingerprint density at radius 3 is 2.82 bits per heavy atom. The third-order valence-corrected chi connectivity index (χ3v) is 6.51. The predicted octanol–water partition coefficient (Wildman–Crippen LogP) is 1.13. The van der Waals surface area contributed by atoms with Gasteiger partial charge in [0.25, 0.3) is 0 Å². The van der Waals surface area contributed by atoms with Gasteiger partial charge in [0.2, 0.25) is 5.91 Å². The lowest BCUT2D eigenvalue weighted by atomic mass is 10.0. The fraction of sp³-hybridized carbons (Fsp3) is 0.562. The van der Waals surface area contributed by atoms with Crippen molar-refractivity contribution < 1.29 is 13.2 Å². The largest absolute Gasteiger partial charge is 0.359 e. The smallest absolute Gasteiger partial charge is 0.239 e. The van der Waals surface area contributed by atoms with Gasteiger partial charge in [0.1, 0.15) is 0 Å². The first-order valence-electron chi connectivity index (χ1n) is 7.64. The van der Waals surface area contributed by atoms with Gasteiger partial charge in [-0.15, -0.1) is 0 Å². The Labute approximate surface area is 131 Å². The summed E-state index contributed by atoms with van der Waals surface area (Å²) in [6, 6.07) is 8.40. The number of hydrogen-bond acceptors (Lipinski definition) is 4. The fourth-order valence-corrected chi connectivity index (χ4v) is 5.60. The Morgan fingerprint density at radius 1 is 1.41 bits per heavy atom. The van der Waals surface area contributed by atoms with Gasteiger partial charge in [0, 0.05) is 11.7 Å². The van der Waals surface area contributed by atoms with E-state index in [-0.39, 0.29) is 30.0 Å². The number of carbonyl (C=O) groups excluding carboxylic acids is 1. The molecule has 0 saturated carbocycles. The highest BCUT2D eigenvalue weighted by molar-refractivity contribution is 7.91. The van der Waals surface area contributed by atoms with Crippen LogP contribution in [0.15, 0.2) is 24.3 Å². The molecule has 1 aromatic carbocycles. The molecule has 6 heteroatoms. The Balaban J connectivity index is 1.68. The molecule has 0 aromatic heterocycles. The second-order valence-corrected chi connectivity index (χ2v) is 8.94. The zero-order chi connectivity index (χ0) is 16.0. The minimum atomic E-state index is -3.01. The van der Waals surface area contributed by atoms with Crippen LogP contribution in [0.2, 0.25) is 0 Å². The van der Waals surface area contributed by atoms with E-state index in [1.807, 2.05) is 25.1 Å². The van der Waals surface area contributed by atoms with Crippen LogP contribution in [-0.4, -0.2) is 44.0 Å². The molecule has 2 aliphatic rings. The van der Waals surface area contributed by atoms with E-state index >= 15 is 0 Å². The fourth-order valence-electron chi connectivity index (χ4n) is 3.51. The average Bonchev–Trinajstić information content (AvgIpc) is 2.87. The number of anilines is 1. The van der Waals surface area contributed by atoms with Crippen molar-refractivity contribution in [2.24, 2.45) is 0 Å². The highest BCUT2D eigenvalue weighted by Crippen LogP contribution is 2.31. The van der Waals surface area contributed by atoms with Crippen molar-refractivity contribution in [1.82, 2.24) is 5.32 Å². The molecule has 1 amide bonds. The molecule has 0 aliphatic carbocycles. The minimum absolute atomic E-state index is 0.0396. The maximum atomic E-state index is 12.4. The number of amides is 1. The van der Waals surface area contributed by atoms with Crippen molar-refractivity contribution in [2.75, 3.05) is 23.0 Å². The first-order valence-corrected chi connectivity index (χ1v) is 9.46. The third kappa shape index (κ3) is 2.97. The van der Waals surface area contributed by atoms with Crippen LogP contribution in [-0.2, 0) is 21.1 Å². The quantitative estimate of drug-likeness (QED) is 0.906. The van der Waals surface area contributed by atoms with E-state index in [1.165, 1.54) is 5.56 Å². The standard InChI is InChI=1S/C16H22N2O3S/c1-12-9-13-5-3-4-6-14(13)18(12)10-15(19)17-16(2)7-8-22(20,21)11-16/h3-6,12H,7-11H2,1-2H3,(H,17,19). The van der Waals surface area contributed by atoms with Crippen LogP contribution in [0, 0.1) is 0 Å². The molecule has 120 valence electrons. The molecule has 0 radical (unpaired) electrons. The summed E-state index contributed by atoms with van der Waals surface area (Å²) in [4.78, 5) is 14.5. The summed E-state index contributed by atoms with van der Waals surface area (Å²) in [5, 5.41) is 2.93. The maximum Gasteiger partial charge on any atom is 0.239 e. The lowest BCUT2D eigenvalue weighted by Gasteiger charge is -2.28. The zero-order valence-electron chi connectivity index (χ0n) is 13.0. The lowest BCUT2D eigenvalue weighted by molar-refractivity contribution is -0.121. The van der Waals surface area contributed by atoms with Crippen LogP contribution >= 0.6 is 0 Å². The van der Waals surface area contributed by atoms with E-state index in [0.29, 0.717) is 6.42 Å². The number of carbonyl (C=O) groups is 1. The van der Waals surface area contributed by atoms with Crippen LogP contribution in [0.4, 0.5) is 5.69 Å². The Morgan fingerprint density at radius 2 is 2.14 bits per heavy atom. The van der Waals surface area contributed by atoms with Gasteiger partial charge >= 0.3 is 0 Å². The highest BCUT2D eigenvalue weighted by Gasteiger charge is 2.40. The first-order chi connectivity index (χ1) is 10.3. The first kappa shape index (κ1) is 15.3. The molecule has 0 spiro atoms. The molecule has 5 nitrogen and oxygen atoms in total. The third-order valence-electron chi connectivity index (χ3n) is 4.61. The SMILES string of the molecule is CC1Cc2ccccc2N1CC(=O)NC1(C)CCS(=O)(=O)C1. The van der Waals surface area contributed by atoms with Crippen LogP contribution in [0.1, 0.15) is 25.8 Å². The predicted molar refractivity (Wildman–Crippen MR) is 86.8 cm³/mol. The van der Waals surface area contributed by atoms with Gasteiger partial charge in [-0.2, -0.15) is 0 Å². The Bertz CT molecular complexity index is 701. The Hall–Kier alpha value is -1.56. The molecule has 2 aliphatic heterocycles. The van der Waals surface area contributed by atoms with E-state index in [9.17, 15) is 13.2 Å². The zero-order valence-corrected chi connectivity index (χ0v) is 13.8. The topological polar surface area (TPSA) is 66.5 Å². The van der Waals surface area contributed by atoms with Gasteiger partial charge in [0.05, 0.1) is 23.6 Å². The van der Waals surface area contributed by atoms with Crippen LogP contribution in [0.3, 0.4) is 0 Å². The van der Waals surface area contributed by atoms with Crippen LogP contribution < -0.4 is 10.2 Å². The molecule has 2 heterocycles. The van der Waals surface area contributed by atoms with E-state index in [1.54, 1.807) is 0 Å². The van der Waals surface area contributed by atoms with Crippen LogP contribution in [0.25, 0.3) is 0 Å². The number of fused-ring (bicyclic) bond motifs is 1. The maximum absolute atomic E-state index is 12.4. The number of sulfone groups is 1. The van der Waals surface area contributed by atoms with Gasteiger partial charge in [-0.3, -0.25) is 4.79 Å². The summed E-state index contributed by atoms with van der Waals surface area (Å²) in [5.41, 5.74) is 1.74. The van der Waals surface area contributed by atoms with Crippen molar-refractivity contribution >= 4 is 21.4 Å². The van der Waals surface area contributed by atoms with Crippen molar-refractivity contribution in [3.63, 3.8) is 0 Å². The minimum Gasteiger partial charge on any atom is -0.359 e. The number of benzene rings is 1. The molecular weight excluding hydrogens is 300 g/mol. The summed E-state index contributed by atoms with van der Waals surface area (Å²) < 4.78 is 23.3. The molecule has 3 rings (SSSR count). The van der Waals surface area contributed by atoms with Crippen molar-refractivity contribution in [3.05, 3.63) is 29.8 Å². The van der Waals surface area contributed by atoms with Crippen LogP contribution in [0.5, 0.6) is 0 Å². The molecule has 1 fully saturated rings. The average molecular weight is 322 g/mol. The van der Waals surface area contributed by atoms with E-state index in [4.69, 9.17) is 0 Å². The van der Waals surface area contributed by atoms with Gasteiger partial charge in [-0.1, -0.05) is 18.2 Å². The second kappa shape index (κ2) is 5.26. The lowest BCUT2D eigenvalue weighted by Crippen LogP contribution is -2.51. The summed E-state index contributed by atoms with van der Waals surface area (Å²) in [7, 11) is -3.01. The molecule has 1 saturated heterocycles. The number of nitrogens with one attached hydrogen (secondary N) is 1. The summed E-state index contributed by atoms with van der Waals surface area (Å²) in [6.45, 7) is 4.19. The number of hydrogen-bond donors (Lipinski definition) is 1. The van der Waals surface area contributed by atoms with E-state index < -0.39 is 15.4 Å². The number of para-hydroxylation sites is 1. The van der Waals surface area contributed by atoms with Gasteiger partial charge in [-0.25, -0.2) is 8.42 Å². The molecule has 1 aromatic rings. The summed E-state index contributed by atoms with van der Waals surface area (Å²) in [6.07, 6.45) is 1.43. The second-order valence-electron chi connectivity index (χ2n) is 6.76. The van der Waals surface area contributed by atoms with Gasteiger partial charge < -0.3 is 10.2 Å². The van der Waals surface area contributed by atoms with Gasteiger partial charge in [-0.05, 0) is 38.3 Å². The normalized spacial score (nSPS) is 29.4. The number of nitrogens with zero attached hydrogens (tertiary/aromatic N) is 1. The number of rotatable bonds is 3. The van der Waals surface area contributed by atoms with Gasteiger partial charge in [0.15, 0.2) is 9.84 Å². The molecular formula is C16H22N2O3S. The molecule has 2 atom stereocenters. The molecule has 2 unspecified atom stereocenters. The van der Waals surface area contributed by atoms with Crippen molar-refractivity contribution in [1.29, 1.82) is 0 Å². The molecule has 0 bridgehead atoms. The highest BCUT2D eigenvalue weighted by atomic mass is 32.2. The van der Waals surface area contributed by atoms with E-state index in [0.717, 1.165) is 12.1 Å². The monoisotopic (exact) mass is 322 g/mol. The molecule has 1 N–H and O–H groups in total. The van der Waals surface area contributed by atoms with E-state index in [2.05, 4.69) is 23.2 Å². The Kier molecular flexibility index (Phi) is 3.67. The van der Waals surface area contributed by atoms with Crippen molar-refractivity contribution in [3.8, 4) is 0 Å². The molecule has 22 heavy (non-hydrogen) atoms.